The number of primary amides is 1. The summed E-state index contributed by atoms with van der Waals surface area (Å²) in [6.07, 6.45) is -4.39. The molecule has 2 rings (SSSR count). The maximum Gasteiger partial charge on any atom is 0.416 e. The van der Waals surface area contributed by atoms with Crippen molar-refractivity contribution in [3.63, 3.8) is 0 Å². The number of nitrogens with one attached hydrogen (secondary N) is 1. The molecule has 0 fully saturated rings. The SMILES string of the molecule is CC(C)c1nc(NCC(N)=O)cc(-c2ccc(C(F)(F)F)cc2)n1. The molecule has 1 aromatic heterocycles. The van der Waals surface area contributed by atoms with Crippen LogP contribution < -0.4 is 11.1 Å². The number of aromatic nitrogens is 2. The van der Waals surface area contributed by atoms with Crippen LogP contribution in [0.5, 0.6) is 0 Å². The van der Waals surface area contributed by atoms with Gasteiger partial charge in [-0.3, -0.25) is 4.79 Å². The number of nitrogens with two attached hydrogens (primary N) is 1. The normalized spacial score (nSPS) is 11.6. The molecular weight excluding hydrogens is 321 g/mol. The van der Waals surface area contributed by atoms with Gasteiger partial charge in [-0.15, -0.1) is 0 Å². The first-order valence-corrected chi connectivity index (χ1v) is 7.25. The number of carbonyl (C=O) groups excluding carboxylic acids is 1. The van der Waals surface area contributed by atoms with Crippen LogP contribution in [0.2, 0.25) is 0 Å². The summed E-state index contributed by atoms with van der Waals surface area (Å²) in [6.45, 7) is 3.69. The molecule has 0 aliphatic heterocycles. The van der Waals surface area contributed by atoms with E-state index >= 15 is 0 Å². The summed E-state index contributed by atoms with van der Waals surface area (Å²) < 4.78 is 38.0. The van der Waals surface area contributed by atoms with Crippen LogP contribution in [0.15, 0.2) is 30.3 Å². The van der Waals surface area contributed by atoms with E-state index in [1.54, 1.807) is 6.07 Å². The number of hydrogen-bond acceptors (Lipinski definition) is 4. The predicted molar refractivity (Wildman–Crippen MR) is 84.2 cm³/mol. The van der Waals surface area contributed by atoms with Crippen LogP contribution >= 0.6 is 0 Å². The molecule has 0 saturated carbocycles. The Morgan fingerprint density at radius 1 is 1.21 bits per heavy atom. The Balaban J connectivity index is 2.39. The third kappa shape index (κ3) is 4.43. The Kier molecular flexibility index (Phi) is 5.06. The third-order valence-corrected chi connectivity index (χ3v) is 3.21. The summed E-state index contributed by atoms with van der Waals surface area (Å²) in [5, 5.41) is 2.78. The van der Waals surface area contributed by atoms with Gasteiger partial charge in [0, 0.05) is 17.5 Å². The van der Waals surface area contributed by atoms with Crippen LogP contribution in [0.4, 0.5) is 19.0 Å². The van der Waals surface area contributed by atoms with E-state index in [-0.39, 0.29) is 12.5 Å². The zero-order valence-electron chi connectivity index (χ0n) is 13.2. The first-order chi connectivity index (χ1) is 11.2. The number of anilines is 1. The van der Waals surface area contributed by atoms with Gasteiger partial charge < -0.3 is 11.1 Å². The molecule has 5 nitrogen and oxygen atoms in total. The van der Waals surface area contributed by atoms with Gasteiger partial charge in [-0.2, -0.15) is 13.2 Å². The lowest BCUT2D eigenvalue weighted by molar-refractivity contribution is -0.137. The molecule has 0 unspecified atom stereocenters. The Morgan fingerprint density at radius 3 is 2.33 bits per heavy atom. The predicted octanol–water partition coefficient (Wildman–Crippen LogP) is 3.18. The van der Waals surface area contributed by atoms with E-state index < -0.39 is 17.6 Å². The number of hydrogen-bond donors (Lipinski definition) is 2. The van der Waals surface area contributed by atoms with Gasteiger partial charge >= 0.3 is 6.18 Å². The van der Waals surface area contributed by atoms with Crippen LogP contribution in [-0.2, 0) is 11.0 Å². The topological polar surface area (TPSA) is 80.9 Å². The Labute approximate surface area is 137 Å². The smallest absolute Gasteiger partial charge is 0.368 e. The molecule has 128 valence electrons. The first-order valence-electron chi connectivity index (χ1n) is 7.25. The van der Waals surface area contributed by atoms with Gasteiger partial charge in [0.25, 0.3) is 0 Å². The molecule has 3 N–H and O–H groups in total. The second kappa shape index (κ2) is 6.86. The van der Waals surface area contributed by atoms with E-state index in [1.807, 2.05) is 13.8 Å². The minimum Gasteiger partial charge on any atom is -0.368 e. The maximum atomic E-state index is 12.7. The van der Waals surface area contributed by atoms with Crippen molar-refractivity contribution in [2.45, 2.75) is 25.9 Å². The lowest BCUT2D eigenvalue weighted by Gasteiger charge is -2.12. The monoisotopic (exact) mass is 338 g/mol. The third-order valence-electron chi connectivity index (χ3n) is 3.21. The molecule has 0 aliphatic rings. The molecule has 24 heavy (non-hydrogen) atoms. The number of nitrogens with zero attached hydrogens (tertiary/aromatic N) is 2. The van der Waals surface area contributed by atoms with Crippen molar-refractivity contribution in [1.29, 1.82) is 0 Å². The summed E-state index contributed by atoms with van der Waals surface area (Å²) in [5.41, 5.74) is 5.36. The average molecular weight is 338 g/mol. The average Bonchev–Trinajstić information content (AvgIpc) is 2.52. The molecule has 0 saturated heterocycles. The van der Waals surface area contributed by atoms with Crippen molar-refractivity contribution in [2.75, 3.05) is 11.9 Å². The van der Waals surface area contributed by atoms with E-state index in [2.05, 4.69) is 15.3 Å². The number of carbonyl (C=O) groups is 1. The van der Waals surface area contributed by atoms with E-state index in [0.717, 1.165) is 12.1 Å². The van der Waals surface area contributed by atoms with Crippen LogP contribution in [0.25, 0.3) is 11.3 Å². The second-order valence-corrected chi connectivity index (χ2v) is 5.55. The number of halogens is 3. The van der Waals surface area contributed by atoms with Crippen molar-refractivity contribution in [3.8, 4) is 11.3 Å². The van der Waals surface area contributed by atoms with E-state index in [1.165, 1.54) is 12.1 Å². The van der Waals surface area contributed by atoms with Crippen molar-refractivity contribution in [3.05, 3.63) is 41.7 Å². The van der Waals surface area contributed by atoms with Gasteiger partial charge in [0.1, 0.15) is 11.6 Å². The summed E-state index contributed by atoms with van der Waals surface area (Å²) in [7, 11) is 0. The molecule has 0 atom stereocenters. The standard InChI is InChI=1S/C16H17F3N4O/c1-9(2)15-22-12(7-14(23-15)21-8-13(20)24)10-3-5-11(6-4-10)16(17,18)19/h3-7,9H,8H2,1-2H3,(H2,20,24)(H,21,22,23). The number of alkyl halides is 3. The van der Waals surface area contributed by atoms with Gasteiger partial charge in [0.2, 0.25) is 5.91 Å². The number of benzene rings is 1. The fourth-order valence-corrected chi connectivity index (χ4v) is 1.97. The summed E-state index contributed by atoms with van der Waals surface area (Å²) in [4.78, 5) is 19.5. The van der Waals surface area contributed by atoms with Gasteiger partial charge in [-0.1, -0.05) is 26.0 Å². The maximum absolute atomic E-state index is 12.7. The molecule has 1 amide bonds. The first kappa shape index (κ1) is 17.7. The van der Waals surface area contributed by atoms with Gasteiger partial charge in [-0.05, 0) is 12.1 Å². The molecule has 1 heterocycles. The highest BCUT2D eigenvalue weighted by Gasteiger charge is 2.30. The highest BCUT2D eigenvalue weighted by molar-refractivity contribution is 5.78. The Morgan fingerprint density at radius 2 is 1.83 bits per heavy atom. The Hall–Kier alpha value is -2.64. The minimum atomic E-state index is -4.39. The lowest BCUT2D eigenvalue weighted by Crippen LogP contribution is -2.22. The largest absolute Gasteiger partial charge is 0.416 e. The van der Waals surface area contributed by atoms with Crippen molar-refractivity contribution >= 4 is 11.7 Å². The van der Waals surface area contributed by atoms with Gasteiger partial charge in [0.15, 0.2) is 0 Å². The Bertz CT molecular complexity index is 727. The number of rotatable bonds is 5. The zero-order valence-corrected chi connectivity index (χ0v) is 13.2. The highest BCUT2D eigenvalue weighted by atomic mass is 19.4. The molecule has 0 bridgehead atoms. The zero-order chi connectivity index (χ0) is 17.9. The van der Waals surface area contributed by atoms with E-state index in [0.29, 0.717) is 22.9 Å². The van der Waals surface area contributed by atoms with Gasteiger partial charge in [0.05, 0.1) is 17.8 Å². The molecule has 1 aromatic carbocycles. The molecule has 0 spiro atoms. The van der Waals surface area contributed by atoms with Crippen LogP contribution in [-0.4, -0.2) is 22.4 Å². The van der Waals surface area contributed by atoms with Crippen molar-refractivity contribution in [2.24, 2.45) is 5.73 Å². The van der Waals surface area contributed by atoms with Gasteiger partial charge in [-0.25, -0.2) is 9.97 Å². The fourth-order valence-electron chi connectivity index (χ4n) is 1.97. The highest BCUT2D eigenvalue weighted by Crippen LogP contribution is 2.31. The van der Waals surface area contributed by atoms with Crippen LogP contribution in [0, 0.1) is 0 Å². The molecular formula is C16H17F3N4O. The molecule has 0 radical (unpaired) electrons. The lowest BCUT2D eigenvalue weighted by atomic mass is 10.1. The molecule has 8 heteroatoms. The quantitative estimate of drug-likeness (QED) is 0.877. The van der Waals surface area contributed by atoms with E-state index in [9.17, 15) is 18.0 Å². The second-order valence-electron chi connectivity index (χ2n) is 5.55. The molecule has 2 aromatic rings. The number of amides is 1. The van der Waals surface area contributed by atoms with Crippen molar-refractivity contribution in [1.82, 2.24) is 9.97 Å². The fraction of sp³-hybridized carbons (Fsp3) is 0.312. The van der Waals surface area contributed by atoms with Crippen molar-refractivity contribution < 1.29 is 18.0 Å². The van der Waals surface area contributed by atoms with E-state index in [4.69, 9.17) is 5.73 Å². The van der Waals surface area contributed by atoms with Crippen LogP contribution in [0.3, 0.4) is 0 Å². The summed E-state index contributed by atoms with van der Waals surface area (Å²) in [5.74, 6) is 0.367. The summed E-state index contributed by atoms with van der Waals surface area (Å²) in [6, 6.07) is 6.28. The van der Waals surface area contributed by atoms with Crippen LogP contribution in [0.1, 0.15) is 31.2 Å². The minimum absolute atomic E-state index is 0.00789. The summed E-state index contributed by atoms with van der Waals surface area (Å²) >= 11 is 0. The molecule has 0 aliphatic carbocycles.